The Morgan fingerprint density at radius 3 is 2.41 bits per heavy atom. The molecule has 0 bridgehead atoms. The smallest absolute Gasteiger partial charge is 0.254 e. The fourth-order valence-electron chi connectivity index (χ4n) is 4.01. The van der Waals surface area contributed by atoms with Crippen LogP contribution in [0.5, 0.6) is 5.75 Å². The molecule has 2 aromatic rings. The first-order chi connectivity index (χ1) is 13.0. The van der Waals surface area contributed by atoms with Crippen molar-refractivity contribution in [3.05, 3.63) is 64.7 Å². The van der Waals surface area contributed by atoms with E-state index in [1.807, 2.05) is 24.0 Å². The van der Waals surface area contributed by atoms with E-state index in [2.05, 4.69) is 44.2 Å². The molecular weight excluding hydrogens is 334 g/mol. The van der Waals surface area contributed by atoms with Gasteiger partial charge in [-0.05, 0) is 66.8 Å². The van der Waals surface area contributed by atoms with Gasteiger partial charge in [0.1, 0.15) is 5.75 Å². The number of hydrogen-bond donors (Lipinski definition) is 0. The van der Waals surface area contributed by atoms with Gasteiger partial charge in [-0.2, -0.15) is 0 Å². The fraction of sp³-hybridized carbons (Fsp3) is 0.458. The van der Waals surface area contributed by atoms with E-state index in [1.54, 1.807) is 7.11 Å². The molecule has 1 amide bonds. The molecule has 1 heterocycles. The van der Waals surface area contributed by atoms with Gasteiger partial charge in [0.2, 0.25) is 0 Å². The normalized spacial score (nSPS) is 15.2. The monoisotopic (exact) mass is 365 g/mol. The van der Waals surface area contributed by atoms with Crippen molar-refractivity contribution in [1.82, 2.24) is 4.90 Å². The van der Waals surface area contributed by atoms with Crippen LogP contribution in [0.25, 0.3) is 0 Å². The molecule has 0 atom stereocenters. The number of carbonyl (C=O) groups is 1. The first-order valence-corrected chi connectivity index (χ1v) is 10.0. The van der Waals surface area contributed by atoms with Crippen molar-refractivity contribution in [1.29, 1.82) is 0 Å². The van der Waals surface area contributed by atoms with Crippen LogP contribution in [-0.4, -0.2) is 31.0 Å². The number of rotatable bonds is 5. The summed E-state index contributed by atoms with van der Waals surface area (Å²) in [6, 6.07) is 14.7. The van der Waals surface area contributed by atoms with E-state index in [1.165, 1.54) is 5.56 Å². The lowest BCUT2D eigenvalue weighted by atomic mass is 9.89. The lowest BCUT2D eigenvalue weighted by Gasteiger charge is -2.32. The van der Waals surface area contributed by atoms with Gasteiger partial charge in [0.05, 0.1) is 7.11 Å². The third-order valence-electron chi connectivity index (χ3n) is 5.70. The molecule has 1 fully saturated rings. The fourth-order valence-corrected chi connectivity index (χ4v) is 4.01. The van der Waals surface area contributed by atoms with E-state index >= 15 is 0 Å². The highest BCUT2D eigenvalue weighted by Gasteiger charge is 2.25. The molecule has 3 nitrogen and oxygen atoms in total. The summed E-state index contributed by atoms with van der Waals surface area (Å²) in [6.07, 6.45) is 3.27. The lowest BCUT2D eigenvalue weighted by Crippen LogP contribution is -2.39. The van der Waals surface area contributed by atoms with Gasteiger partial charge in [-0.25, -0.2) is 0 Å². The maximum absolute atomic E-state index is 13.1. The summed E-state index contributed by atoms with van der Waals surface area (Å²) in [5, 5.41) is 0. The summed E-state index contributed by atoms with van der Waals surface area (Å²) >= 11 is 0. The van der Waals surface area contributed by atoms with Crippen molar-refractivity contribution < 1.29 is 9.53 Å². The van der Waals surface area contributed by atoms with E-state index in [-0.39, 0.29) is 5.91 Å². The van der Waals surface area contributed by atoms with Crippen molar-refractivity contribution in [3.8, 4) is 5.75 Å². The third-order valence-corrected chi connectivity index (χ3v) is 5.70. The zero-order chi connectivity index (χ0) is 19.4. The van der Waals surface area contributed by atoms with E-state index < -0.39 is 0 Å². The Kier molecular flexibility index (Phi) is 6.20. The molecule has 0 radical (unpaired) electrons. The number of benzene rings is 2. The Hall–Kier alpha value is -2.29. The minimum absolute atomic E-state index is 0.162. The molecule has 0 aliphatic carbocycles. The minimum atomic E-state index is 0.162. The number of amides is 1. The second-order valence-electron chi connectivity index (χ2n) is 7.99. The van der Waals surface area contributed by atoms with E-state index in [4.69, 9.17) is 4.74 Å². The number of aryl methyl sites for hydroxylation is 1. The number of likely N-dealkylation sites (tertiary alicyclic amines) is 1. The van der Waals surface area contributed by atoms with Crippen LogP contribution in [-0.2, 0) is 6.42 Å². The molecule has 0 unspecified atom stereocenters. The molecule has 3 heteroatoms. The highest BCUT2D eigenvalue weighted by molar-refractivity contribution is 5.96. The molecule has 0 saturated carbocycles. The van der Waals surface area contributed by atoms with Gasteiger partial charge < -0.3 is 9.64 Å². The average Bonchev–Trinajstić information content (AvgIpc) is 2.68. The number of hydrogen-bond acceptors (Lipinski definition) is 2. The zero-order valence-electron chi connectivity index (χ0n) is 17.0. The quantitative estimate of drug-likeness (QED) is 0.727. The first kappa shape index (κ1) is 19.5. The molecule has 144 valence electrons. The molecule has 0 aromatic heterocycles. The topological polar surface area (TPSA) is 29.5 Å². The van der Waals surface area contributed by atoms with Crippen LogP contribution in [0.2, 0.25) is 0 Å². The molecule has 0 spiro atoms. The van der Waals surface area contributed by atoms with Crippen molar-refractivity contribution in [2.45, 2.75) is 46.0 Å². The molecule has 2 aromatic carbocycles. The van der Waals surface area contributed by atoms with Crippen molar-refractivity contribution in [2.75, 3.05) is 20.2 Å². The second kappa shape index (κ2) is 8.60. The number of nitrogens with zero attached hydrogens (tertiary/aromatic N) is 1. The van der Waals surface area contributed by atoms with Gasteiger partial charge in [-0.15, -0.1) is 0 Å². The van der Waals surface area contributed by atoms with Crippen LogP contribution < -0.4 is 4.74 Å². The molecule has 1 saturated heterocycles. The summed E-state index contributed by atoms with van der Waals surface area (Å²) in [7, 11) is 1.69. The average molecular weight is 366 g/mol. The van der Waals surface area contributed by atoms with Crippen molar-refractivity contribution in [2.24, 2.45) is 5.92 Å². The van der Waals surface area contributed by atoms with Gasteiger partial charge in [0, 0.05) is 18.7 Å². The Morgan fingerprint density at radius 1 is 1.15 bits per heavy atom. The number of ether oxygens (including phenoxy) is 1. The van der Waals surface area contributed by atoms with Crippen LogP contribution >= 0.6 is 0 Å². The zero-order valence-corrected chi connectivity index (χ0v) is 17.0. The minimum Gasteiger partial charge on any atom is -0.496 e. The lowest BCUT2D eigenvalue weighted by molar-refractivity contribution is 0.0689. The van der Waals surface area contributed by atoms with Gasteiger partial charge in [-0.3, -0.25) is 4.79 Å². The Morgan fingerprint density at radius 2 is 1.81 bits per heavy atom. The molecule has 27 heavy (non-hydrogen) atoms. The SMILES string of the molecule is COc1cc(C)c(C(=O)N2CCC(Cc3ccccc3)CC2)cc1C(C)C. The third kappa shape index (κ3) is 4.52. The standard InChI is InChI=1S/C24H31NO2/c1-17(2)21-16-22(18(3)14-23(21)27-4)24(26)25-12-10-20(11-13-25)15-19-8-6-5-7-9-19/h5-9,14,16-17,20H,10-13,15H2,1-4H3. The van der Waals surface area contributed by atoms with Crippen LogP contribution in [0.1, 0.15) is 59.7 Å². The highest BCUT2D eigenvalue weighted by atomic mass is 16.5. The van der Waals surface area contributed by atoms with Crippen LogP contribution in [0, 0.1) is 12.8 Å². The van der Waals surface area contributed by atoms with Crippen molar-refractivity contribution >= 4 is 5.91 Å². The van der Waals surface area contributed by atoms with Crippen molar-refractivity contribution in [3.63, 3.8) is 0 Å². The molecule has 0 N–H and O–H groups in total. The Bertz CT molecular complexity index is 774. The van der Waals surface area contributed by atoms with Gasteiger partial charge in [0.25, 0.3) is 5.91 Å². The second-order valence-corrected chi connectivity index (χ2v) is 7.99. The van der Waals surface area contributed by atoms with Crippen LogP contribution in [0.4, 0.5) is 0 Å². The van der Waals surface area contributed by atoms with Crippen LogP contribution in [0.15, 0.2) is 42.5 Å². The summed E-state index contributed by atoms with van der Waals surface area (Å²) in [5.74, 6) is 2.03. The van der Waals surface area contributed by atoms with E-state index in [0.717, 1.165) is 54.8 Å². The largest absolute Gasteiger partial charge is 0.496 e. The molecule has 3 rings (SSSR count). The predicted molar refractivity (Wildman–Crippen MR) is 111 cm³/mol. The number of methoxy groups -OCH3 is 1. The Labute approximate surface area is 163 Å². The molecule has 1 aliphatic rings. The number of piperidine rings is 1. The first-order valence-electron chi connectivity index (χ1n) is 10.0. The summed E-state index contributed by atoms with van der Waals surface area (Å²) < 4.78 is 5.51. The van der Waals surface area contributed by atoms with E-state index in [0.29, 0.717) is 11.8 Å². The van der Waals surface area contributed by atoms with Gasteiger partial charge >= 0.3 is 0 Å². The Balaban J connectivity index is 1.68. The van der Waals surface area contributed by atoms with Gasteiger partial charge in [0.15, 0.2) is 0 Å². The van der Waals surface area contributed by atoms with E-state index in [9.17, 15) is 4.79 Å². The molecule has 1 aliphatic heterocycles. The molecular formula is C24H31NO2. The van der Waals surface area contributed by atoms with Crippen LogP contribution in [0.3, 0.4) is 0 Å². The summed E-state index contributed by atoms with van der Waals surface area (Å²) in [5.41, 5.74) is 4.31. The summed E-state index contributed by atoms with van der Waals surface area (Å²) in [4.78, 5) is 15.2. The van der Waals surface area contributed by atoms with Gasteiger partial charge in [-0.1, -0.05) is 44.2 Å². The highest BCUT2D eigenvalue weighted by Crippen LogP contribution is 2.31. The maximum Gasteiger partial charge on any atom is 0.254 e. The maximum atomic E-state index is 13.1. The predicted octanol–water partition coefficient (Wildman–Crippen LogP) is 5.22. The number of carbonyl (C=O) groups excluding carboxylic acids is 1. The summed E-state index contributed by atoms with van der Waals surface area (Å²) in [6.45, 7) is 7.96.